The van der Waals surface area contributed by atoms with Gasteiger partial charge in [0.2, 0.25) is 5.91 Å². The molecule has 218 valence electrons. The molecule has 4 aromatic rings. The SMILES string of the molecule is CC(C)(C)OC(=O)NCC(C)(C)c1cccc(C(=O)NCC(=O)Nc2nc(-c3cccc(-c4ccncc4)c3)cs2)c1. The van der Waals surface area contributed by atoms with Crippen molar-refractivity contribution in [2.75, 3.05) is 18.4 Å². The first-order chi connectivity index (χ1) is 19.9. The Morgan fingerprint density at radius 3 is 2.31 bits per heavy atom. The maximum atomic E-state index is 12.8. The number of ether oxygens (including phenoxy) is 1. The summed E-state index contributed by atoms with van der Waals surface area (Å²) in [5.74, 6) is -0.761. The van der Waals surface area contributed by atoms with E-state index in [0.29, 0.717) is 17.2 Å². The van der Waals surface area contributed by atoms with Gasteiger partial charge in [0.15, 0.2) is 5.13 Å². The summed E-state index contributed by atoms with van der Waals surface area (Å²) >= 11 is 1.31. The molecule has 0 spiro atoms. The van der Waals surface area contributed by atoms with E-state index in [0.717, 1.165) is 27.9 Å². The molecule has 3 amide bonds. The molecule has 0 atom stereocenters. The van der Waals surface area contributed by atoms with Crippen LogP contribution in [0.3, 0.4) is 0 Å². The molecule has 0 bridgehead atoms. The Morgan fingerprint density at radius 1 is 0.857 bits per heavy atom. The topological polar surface area (TPSA) is 122 Å². The lowest BCUT2D eigenvalue weighted by Gasteiger charge is -2.27. The van der Waals surface area contributed by atoms with Gasteiger partial charge in [0.1, 0.15) is 5.60 Å². The van der Waals surface area contributed by atoms with Crippen LogP contribution in [-0.2, 0) is 14.9 Å². The predicted octanol–water partition coefficient (Wildman–Crippen LogP) is 6.04. The van der Waals surface area contributed by atoms with Crippen molar-refractivity contribution in [2.24, 2.45) is 0 Å². The summed E-state index contributed by atoms with van der Waals surface area (Å²) in [6.45, 7) is 9.45. The van der Waals surface area contributed by atoms with Crippen LogP contribution in [0.1, 0.15) is 50.5 Å². The van der Waals surface area contributed by atoms with Gasteiger partial charge in [-0.25, -0.2) is 9.78 Å². The van der Waals surface area contributed by atoms with E-state index in [1.807, 2.05) is 61.7 Å². The molecule has 10 heteroatoms. The van der Waals surface area contributed by atoms with Crippen molar-refractivity contribution in [2.45, 2.75) is 45.6 Å². The monoisotopic (exact) mass is 585 g/mol. The fraction of sp³-hybridized carbons (Fsp3) is 0.281. The number of anilines is 1. The normalized spacial score (nSPS) is 11.5. The average molecular weight is 586 g/mol. The van der Waals surface area contributed by atoms with Gasteiger partial charge < -0.3 is 20.7 Å². The molecule has 42 heavy (non-hydrogen) atoms. The summed E-state index contributed by atoms with van der Waals surface area (Å²) in [6.07, 6.45) is 3.00. The number of pyridine rings is 1. The van der Waals surface area contributed by atoms with E-state index in [2.05, 4.69) is 25.9 Å². The summed E-state index contributed by atoms with van der Waals surface area (Å²) in [5.41, 5.74) is 3.99. The molecule has 0 aliphatic rings. The van der Waals surface area contributed by atoms with E-state index >= 15 is 0 Å². The summed E-state index contributed by atoms with van der Waals surface area (Å²) < 4.78 is 5.32. The highest BCUT2D eigenvalue weighted by Gasteiger charge is 2.24. The van der Waals surface area contributed by atoms with Crippen LogP contribution in [0.15, 0.2) is 78.4 Å². The minimum atomic E-state index is -0.590. The molecule has 0 saturated carbocycles. The number of carbonyl (C=O) groups is 3. The van der Waals surface area contributed by atoms with E-state index in [-0.39, 0.29) is 18.4 Å². The number of nitrogens with zero attached hydrogens (tertiary/aromatic N) is 2. The number of alkyl carbamates (subject to hydrolysis) is 1. The molecule has 0 saturated heterocycles. The number of thiazole rings is 1. The van der Waals surface area contributed by atoms with Crippen molar-refractivity contribution < 1.29 is 19.1 Å². The lowest BCUT2D eigenvalue weighted by molar-refractivity contribution is -0.115. The third kappa shape index (κ3) is 8.47. The second kappa shape index (κ2) is 12.9. The fourth-order valence-corrected chi connectivity index (χ4v) is 4.82. The quantitative estimate of drug-likeness (QED) is 0.220. The van der Waals surface area contributed by atoms with Crippen molar-refractivity contribution in [3.63, 3.8) is 0 Å². The number of amides is 3. The molecule has 2 heterocycles. The second-order valence-corrected chi connectivity index (χ2v) is 12.3. The molecular weight excluding hydrogens is 550 g/mol. The third-order valence-corrected chi connectivity index (χ3v) is 7.07. The van der Waals surface area contributed by atoms with E-state index in [9.17, 15) is 14.4 Å². The Labute approximate surface area is 249 Å². The maximum absolute atomic E-state index is 12.8. The van der Waals surface area contributed by atoms with Gasteiger partial charge in [0.25, 0.3) is 5.91 Å². The summed E-state index contributed by atoms with van der Waals surface area (Å²) in [4.78, 5) is 46.1. The van der Waals surface area contributed by atoms with Crippen molar-refractivity contribution >= 4 is 34.4 Å². The van der Waals surface area contributed by atoms with Crippen molar-refractivity contribution in [1.82, 2.24) is 20.6 Å². The molecule has 0 radical (unpaired) electrons. The number of benzene rings is 2. The van der Waals surface area contributed by atoms with Crippen LogP contribution in [0.25, 0.3) is 22.4 Å². The van der Waals surface area contributed by atoms with Gasteiger partial charge in [-0.2, -0.15) is 0 Å². The summed E-state index contributed by atoms with van der Waals surface area (Å²) in [7, 11) is 0. The van der Waals surface area contributed by atoms with Gasteiger partial charge in [-0.1, -0.05) is 44.2 Å². The van der Waals surface area contributed by atoms with Gasteiger partial charge in [-0.15, -0.1) is 11.3 Å². The zero-order chi connectivity index (χ0) is 30.3. The molecule has 2 aromatic heterocycles. The van der Waals surface area contributed by atoms with Crippen molar-refractivity contribution in [3.05, 3.63) is 89.6 Å². The largest absolute Gasteiger partial charge is 0.444 e. The molecule has 0 aliphatic carbocycles. The van der Waals surface area contributed by atoms with Crippen LogP contribution < -0.4 is 16.0 Å². The minimum absolute atomic E-state index is 0.209. The van der Waals surface area contributed by atoms with Crippen LogP contribution in [0.2, 0.25) is 0 Å². The maximum Gasteiger partial charge on any atom is 0.407 e. The Balaban J connectivity index is 1.31. The standard InChI is InChI=1S/C32H35N5O4S/c1-31(2,3)41-30(40)35-20-32(4,5)25-11-7-10-24(17-25)28(39)34-18-27(38)37-29-36-26(19-42-29)23-9-6-8-22(16-23)21-12-14-33-15-13-21/h6-17,19H,18,20H2,1-5H3,(H,34,39)(H,35,40)(H,36,37,38). The number of aromatic nitrogens is 2. The number of hydrogen-bond acceptors (Lipinski definition) is 7. The van der Waals surface area contributed by atoms with E-state index in [1.54, 1.807) is 51.4 Å². The first kappa shape index (κ1) is 30.4. The number of carbonyl (C=O) groups excluding carboxylic acids is 3. The van der Waals surface area contributed by atoms with E-state index < -0.39 is 17.1 Å². The van der Waals surface area contributed by atoms with Crippen LogP contribution in [0, 0.1) is 0 Å². The number of rotatable bonds is 9. The lowest BCUT2D eigenvalue weighted by atomic mass is 9.84. The van der Waals surface area contributed by atoms with Crippen LogP contribution in [0.4, 0.5) is 9.93 Å². The van der Waals surface area contributed by atoms with Gasteiger partial charge in [0.05, 0.1) is 12.2 Å². The van der Waals surface area contributed by atoms with Gasteiger partial charge in [0, 0.05) is 40.9 Å². The molecule has 0 fully saturated rings. The Morgan fingerprint density at radius 2 is 1.57 bits per heavy atom. The predicted molar refractivity (Wildman–Crippen MR) is 165 cm³/mol. The van der Waals surface area contributed by atoms with Gasteiger partial charge in [-0.05, 0) is 67.8 Å². The Bertz CT molecular complexity index is 1560. The van der Waals surface area contributed by atoms with Gasteiger partial charge >= 0.3 is 6.09 Å². The first-order valence-electron chi connectivity index (χ1n) is 13.5. The number of hydrogen-bond donors (Lipinski definition) is 3. The molecule has 4 rings (SSSR count). The van der Waals surface area contributed by atoms with E-state index in [1.165, 1.54) is 11.3 Å². The molecule has 3 N–H and O–H groups in total. The van der Waals surface area contributed by atoms with Crippen LogP contribution >= 0.6 is 11.3 Å². The van der Waals surface area contributed by atoms with Gasteiger partial charge in [-0.3, -0.25) is 14.6 Å². The average Bonchev–Trinajstić information content (AvgIpc) is 3.43. The molecule has 2 aromatic carbocycles. The van der Waals surface area contributed by atoms with Crippen molar-refractivity contribution in [1.29, 1.82) is 0 Å². The highest BCUT2D eigenvalue weighted by atomic mass is 32.1. The summed E-state index contributed by atoms with van der Waals surface area (Å²) in [6, 6.07) is 19.0. The smallest absolute Gasteiger partial charge is 0.407 e. The Hall–Kier alpha value is -4.57. The molecule has 0 unspecified atom stereocenters. The summed E-state index contributed by atoms with van der Waals surface area (Å²) in [5, 5.41) is 10.5. The molecular formula is C32H35N5O4S. The lowest BCUT2D eigenvalue weighted by Crippen LogP contribution is -2.40. The third-order valence-electron chi connectivity index (χ3n) is 6.31. The molecule has 0 aliphatic heterocycles. The van der Waals surface area contributed by atoms with Crippen molar-refractivity contribution in [3.8, 4) is 22.4 Å². The highest BCUT2D eigenvalue weighted by molar-refractivity contribution is 7.14. The fourth-order valence-electron chi connectivity index (χ4n) is 4.08. The van der Waals surface area contributed by atoms with E-state index in [4.69, 9.17) is 4.74 Å². The Kier molecular flexibility index (Phi) is 9.37. The minimum Gasteiger partial charge on any atom is -0.444 e. The van der Waals surface area contributed by atoms with Crippen LogP contribution in [0.5, 0.6) is 0 Å². The number of nitrogens with one attached hydrogen (secondary N) is 3. The first-order valence-corrected chi connectivity index (χ1v) is 14.4. The zero-order valence-electron chi connectivity index (χ0n) is 24.4. The molecule has 9 nitrogen and oxygen atoms in total. The second-order valence-electron chi connectivity index (χ2n) is 11.4. The zero-order valence-corrected chi connectivity index (χ0v) is 25.2. The highest BCUT2D eigenvalue weighted by Crippen LogP contribution is 2.29. The van der Waals surface area contributed by atoms with Crippen LogP contribution in [-0.4, -0.2) is 46.6 Å².